The van der Waals surface area contributed by atoms with Gasteiger partial charge in [0.2, 0.25) is 0 Å². The molecule has 4 rings (SSSR count). The van der Waals surface area contributed by atoms with E-state index in [0.717, 1.165) is 10.1 Å². The Hall–Kier alpha value is -4.01. The molecule has 0 aliphatic carbocycles. The average molecular weight is 450 g/mol. The second-order valence-electron chi connectivity index (χ2n) is 8.14. The van der Waals surface area contributed by atoms with Crippen LogP contribution in [0.5, 0.6) is 0 Å². The molecule has 9 heteroatoms. The van der Waals surface area contributed by atoms with Crippen LogP contribution in [-0.2, 0) is 17.8 Å². The molecule has 0 bridgehead atoms. The lowest BCUT2D eigenvalue weighted by molar-refractivity contribution is 0.0600. The third-order valence-corrected chi connectivity index (χ3v) is 5.24. The van der Waals surface area contributed by atoms with Crippen molar-refractivity contribution < 1.29 is 13.9 Å². The normalized spacial score (nSPS) is 11.3. The monoisotopic (exact) mass is 450 g/mol. The van der Waals surface area contributed by atoms with Crippen molar-refractivity contribution in [2.24, 2.45) is 5.92 Å². The van der Waals surface area contributed by atoms with Crippen LogP contribution in [0.4, 0.5) is 4.39 Å². The molecular formula is C24H23FN4O4. The summed E-state index contributed by atoms with van der Waals surface area (Å²) in [7, 11) is 1.31. The van der Waals surface area contributed by atoms with E-state index < -0.39 is 23.0 Å². The van der Waals surface area contributed by atoms with Crippen LogP contribution in [0.15, 0.2) is 64.4 Å². The molecule has 33 heavy (non-hydrogen) atoms. The molecule has 0 aliphatic heterocycles. The van der Waals surface area contributed by atoms with Crippen molar-refractivity contribution in [3.8, 4) is 5.69 Å². The highest BCUT2D eigenvalue weighted by atomic mass is 19.1. The summed E-state index contributed by atoms with van der Waals surface area (Å²) in [4.78, 5) is 42.6. The number of fused-ring (bicyclic) bond motifs is 1. The van der Waals surface area contributed by atoms with Crippen molar-refractivity contribution in [3.05, 3.63) is 92.6 Å². The molecule has 2 aromatic heterocycles. The summed E-state index contributed by atoms with van der Waals surface area (Å²) in [6.07, 6.45) is 1.48. The summed E-state index contributed by atoms with van der Waals surface area (Å²) in [5, 5.41) is 0. The maximum Gasteiger partial charge on any atom is 0.337 e. The van der Waals surface area contributed by atoms with Gasteiger partial charge in [0.15, 0.2) is 11.2 Å². The number of carbonyl (C=O) groups excluding carboxylic acids is 1. The SMILES string of the molecule is COC(=O)c1ccc(Cn2cnc3c2c(=O)n(CC(C)C)c(=O)n3-c2cccc(F)c2)cc1. The smallest absolute Gasteiger partial charge is 0.337 e. The number of nitrogens with zero attached hydrogens (tertiary/aromatic N) is 4. The van der Waals surface area contributed by atoms with Gasteiger partial charge in [-0.25, -0.2) is 23.5 Å². The highest BCUT2D eigenvalue weighted by Crippen LogP contribution is 2.16. The summed E-state index contributed by atoms with van der Waals surface area (Å²) in [5.41, 5.74) is 0.879. The number of imidazole rings is 1. The molecule has 0 N–H and O–H groups in total. The first-order chi connectivity index (χ1) is 15.8. The average Bonchev–Trinajstić information content (AvgIpc) is 3.20. The number of rotatable bonds is 6. The Balaban J connectivity index is 1.89. The van der Waals surface area contributed by atoms with Gasteiger partial charge in [-0.3, -0.25) is 9.36 Å². The lowest BCUT2D eigenvalue weighted by atomic mass is 10.1. The summed E-state index contributed by atoms with van der Waals surface area (Å²) < 4.78 is 22.7. The van der Waals surface area contributed by atoms with Crippen LogP contribution >= 0.6 is 0 Å². The first-order valence-corrected chi connectivity index (χ1v) is 10.4. The number of benzene rings is 2. The summed E-state index contributed by atoms with van der Waals surface area (Å²) in [6.45, 7) is 4.31. The van der Waals surface area contributed by atoms with Gasteiger partial charge in [0.25, 0.3) is 5.56 Å². The highest BCUT2D eigenvalue weighted by molar-refractivity contribution is 5.89. The van der Waals surface area contributed by atoms with Crippen molar-refractivity contribution in [3.63, 3.8) is 0 Å². The molecule has 170 valence electrons. The maximum absolute atomic E-state index is 13.9. The Kier molecular flexibility index (Phi) is 5.95. The molecule has 8 nitrogen and oxygen atoms in total. The van der Waals surface area contributed by atoms with Crippen LogP contribution in [0.3, 0.4) is 0 Å². The van der Waals surface area contributed by atoms with Gasteiger partial charge in [-0.15, -0.1) is 0 Å². The molecule has 0 atom stereocenters. The van der Waals surface area contributed by atoms with Crippen molar-refractivity contribution in [2.45, 2.75) is 26.9 Å². The molecule has 4 aromatic rings. The molecule has 0 spiro atoms. The van der Waals surface area contributed by atoms with Crippen molar-refractivity contribution in [2.75, 3.05) is 7.11 Å². The lowest BCUT2D eigenvalue weighted by Gasteiger charge is -2.14. The van der Waals surface area contributed by atoms with E-state index in [1.807, 2.05) is 13.8 Å². The number of esters is 1. The van der Waals surface area contributed by atoms with E-state index in [9.17, 15) is 18.8 Å². The molecule has 0 radical (unpaired) electrons. The standard InChI is InChI=1S/C24H23FN4O4/c1-15(2)12-28-22(30)20-21(29(24(28)32)19-6-4-5-18(25)11-19)26-14-27(20)13-16-7-9-17(10-8-16)23(31)33-3/h4-11,14-15H,12-13H2,1-3H3. The molecule has 2 heterocycles. The molecule has 0 aliphatic rings. The first kappa shape index (κ1) is 22.2. The van der Waals surface area contributed by atoms with Crippen LogP contribution in [0, 0.1) is 11.7 Å². The van der Waals surface area contributed by atoms with E-state index in [0.29, 0.717) is 5.56 Å². The number of hydrogen-bond acceptors (Lipinski definition) is 5. The van der Waals surface area contributed by atoms with Gasteiger partial charge in [0, 0.05) is 13.1 Å². The number of halogens is 1. The Morgan fingerprint density at radius 1 is 1.12 bits per heavy atom. The van der Waals surface area contributed by atoms with Crippen molar-refractivity contribution in [1.82, 2.24) is 18.7 Å². The molecule has 0 amide bonds. The van der Waals surface area contributed by atoms with Crippen molar-refractivity contribution >= 4 is 17.1 Å². The Bertz CT molecular complexity index is 1450. The van der Waals surface area contributed by atoms with Gasteiger partial charge in [-0.2, -0.15) is 0 Å². The fraction of sp³-hybridized carbons (Fsp3) is 0.250. The van der Waals surface area contributed by atoms with E-state index in [1.54, 1.807) is 34.9 Å². The van der Waals surface area contributed by atoms with Crippen LogP contribution in [0.2, 0.25) is 0 Å². The minimum atomic E-state index is -0.570. The van der Waals surface area contributed by atoms with Crippen molar-refractivity contribution in [1.29, 1.82) is 0 Å². The van der Waals surface area contributed by atoms with Gasteiger partial charge >= 0.3 is 11.7 Å². The van der Waals surface area contributed by atoms with Gasteiger partial charge in [0.1, 0.15) is 5.82 Å². The lowest BCUT2D eigenvalue weighted by Crippen LogP contribution is -2.41. The van der Waals surface area contributed by atoms with Crippen LogP contribution in [0.1, 0.15) is 29.8 Å². The maximum atomic E-state index is 13.9. The molecule has 0 fully saturated rings. The largest absolute Gasteiger partial charge is 0.465 e. The number of ether oxygens (including phenoxy) is 1. The van der Waals surface area contributed by atoms with E-state index in [1.165, 1.54) is 36.2 Å². The third-order valence-electron chi connectivity index (χ3n) is 5.24. The Morgan fingerprint density at radius 2 is 1.85 bits per heavy atom. The predicted molar refractivity (Wildman–Crippen MR) is 121 cm³/mol. The second-order valence-corrected chi connectivity index (χ2v) is 8.14. The number of carbonyl (C=O) groups is 1. The summed E-state index contributed by atoms with van der Waals surface area (Å²) >= 11 is 0. The number of methoxy groups -OCH3 is 1. The van der Waals surface area contributed by atoms with E-state index >= 15 is 0 Å². The topological polar surface area (TPSA) is 88.1 Å². The van der Waals surface area contributed by atoms with Crippen LogP contribution < -0.4 is 11.2 Å². The highest BCUT2D eigenvalue weighted by Gasteiger charge is 2.20. The minimum absolute atomic E-state index is 0.0380. The quantitative estimate of drug-likeness (QED) is 0.422. The molecule has 0 saturated carbocycles. The molecule has 0 saturated heterocycles. The molecule has 2 aromatic carbocycles. The summed E-state index contributed by atoms with van der Waals surface area (Å²) in [5.74, 6) is -0.902. The zero-order valence-corrected chi connectivity index (χ0v) is 18.5. The van der Waals surface area contributed by atoms with Gasteiger partial charge in [-0.05, 0) is 41.8 Å². The van der Waals surface area contributed by atoms with E-state index in [4.69, 9.17) is 4.74 Å². The van der Waals surface area contributed by atoms with Gasteiger partial charge in [-0.1, -0.05) is 32.0 Å². The number of aromatic nitrogens is 4. The Morgan fingerprint density at radius 3 is 2.48 bits per heavy atom. The first-order valence-electron chi connectivity index (χ1n) is 10.4. The zero-order valence-electron chi connectivity index (χ0n) is 18.5. The molecular weight excluding hydrogens is 427 g/mol. The predicted octanol–water partition coefficient (Wildman–Crippen LogP) is 2.98. The minimum Gasteiger partial charge on any atom is -0.465 e. The third kappa shape index (κ3) is 4.21. The van der Waals surface area contributed by atoms with Gasteiger partial charge < -0.3 is 9.30 Å². The van der Waals surface area contributed by atoms with E-state index in [2.05, 4.69) is 4.98 Å². The fourth-order valence-electron chi connectivity index (χ4n) is 3.73. The van der Waals surface area contributed by atoms with Crippen LogP contribution in [-0.4, -0.2) is 31.8 Å². The van der Waals surface area contributed by atoms with Gasteiger partial charge in [0.05, 0.1) is 24.7 Å². The fourth-order valence-corrected chi connectivity index (χ4v) is 3.73. The zero-order chi connectivity index (χ0) is 23.7. The van der Waals surface area contributed by atoms with Crippen LogP contribution in [0.25, 0.3) is 16.9 Å². The second kappa shape index (κ2) is 8.85. The van der Waals surface area contributed by atoms with E-state index in [-0.39, 0.29) is 35.9 Å². The number of hydrogen-bond donors (Lipinski definition) is 0. The Labute approximate surface area is 188 Å². The summed E-state index contributed by atoms with van der Waals surface area (Å²) in [6, 6.07) is 12.4. The molecule has 0 unspecified atom stereocenters.